The number of aromatic nitrogens is 4. The van der Waals surface area contributed by atoms with Gasteiger partial charge in [0.15, 0.2) is 5.76 Å². The zero-order valence-electron chi connectivity index (χ0n) is 18.6. The number of nitrogens with zero attached hydrogens (tertiary/aromatic N) is 4. The van der Waals surface area contributed by atoms with Crippen LogP contribution in [-0.2, 0) is 11.3 Å². The van der Waals surface area contributed by atoms with Crippen LogP contribution in [0.15, 0.2) is 94.3 Å². The molecule has 174 valence electrons. The summed E-state index contributed by atoms with van der Waals surface area (Å²) >= 11 is 0. The normalized spacial score (nSPS) is 10.9. The van der Waals surface area contributed by atoms with E-state index < -0.39 is 0 Å². The molecule has 0 aliphatic rings. The van der Waals surface area contributed by atoms with E-state index in [4.69, 9.17) is 9.15 Å². The van der Waals surface area contributed by atoms with Crippen LogP contribution in [0.1, 0.15) is 0 Å². The van der Waals surface area contributed by atoms with Gasteiger partial charge in [-0.3, -0.25) is 9.59 Å². The monoisotopic (exact) mass is 467 g/mol. The number of carbonyl (C=O) groups is 1. The predicted octanol–water partition coefficient (Wildman–Crippen LogP) is 3.31. The van der Waals surface area contributed by atoms with Gasteiger partial charge >= 0.3 is 0 Å². The zero-order chi connectivity index (χ0) is 24.0. The van der Waals surface area contributed by atoms with Gasteiger partial charge in [-0.1, -0.05) is 36.4 Å². The number of amides is 1. The van der Waals surface area contributed by atoms with Gasteiger partial charge in [0.05, 0.1) is 18.5 Å². The molecule has 1 N–H and O–H groups in total. The fraction of sp³-hybridized carbons (Fsp3) is 0.115. The smallest absolute Gasteiger partial charge is 0.267 e. The summed E-state index contributed by atoms with van der Waals surface area (Å²) in [5.41, 5.74) is 1.72. The first-order valence-corrected chi connectivity index (χ1v) is 11.0. The van der Waals surface area contributed by atoms with Crippen LogP contribution < -0.4 is 15.6 Å². The van der Waals surface area contributed by atoms with Crippen molar-refractivity contribution < 1.29 is 13.9 Å². The minimum absolute atomic E-state index is 0.194. The molecule has 9 nitrogen and oxygen atoms in total. The second kappa shape index (κ2) is 10.0. The number of carbonyl (C=O) groups excluding carboxylic acids is 1. The predicted molar refractivity (Wildman–Crippen MR) is 130 cm³/mol. The molecular formula is C26H21N5O4. The van der Waals surface area contributed by atoms with Crippen LogP contribution in [0, 0.1) is 0 Å². The molecular weight excluding hydrogens is 446 g/mol. The largest absolute Gasteiger partial charge is 0.475 e. The van der Waals surface area contributed by atoms with E-state index in [0.717, 1.165) is 21.0 Å². The average Bonchev–Trinajstić information content (AvgIpc) is 3.43. The van der Waals surface area contributed by atoms with Crippen LogP contribution in [0.5, 0.6) is 5.88 Å². The molecule has 0 aliphatic heterocycles. The third-order valence-corrected chi connectivity index (χ3v) is 5.29. The van der Waals surface area contributed by atoms with Crippen LogP contribution >= 0.6 is 0 Å². The summed E-state index contributed by atoms with van der Waals surface area (Å²) in [5.74, 6) is 0.596. The Balaban J connectivity index is 1.16. The Morgan fingerprint density at radius 1 is 0.914 bits per heavy atom. The van der Waals surface area contributed by atoms with Crippen molar-refractivity contribution in [1.29, 1.82) is 0 Å². The average molecular weight is 467 g/mol. The van der Waals surface area contributed by atoms with E-state index in [0.29, 0.717) is 23.0 Å². The summed E-state index contributed by atoms with van der Waals surface area (Å²) in [6, 6.07) is 24.0. The number of furan rings is 1. The van der Waals surface area contributed by atoms with Crippen LogP contribution in [0.4, 0.5) is 0 Å². The molecule has 3 aromatic heterocycles. The standard InChI is InChI=1S/C26H21N5O4/c32-24(27-13-15-35-25-11-9-22(28-29-25)23-6-3-14-34-23)17-31-26(33)12-10-21(30-31)20-8-7-18-4-1-2-5-19(18)16-20/h1-12,14,16H,13,15,17H2,(H,27,32). The maximum Gasteiger partial charge on any atom is 0.267 e. The maximum atomic E-state index is 12.4. The fourth-order valence-corrected chi connectivity index (χ4v) is 3.56. The van der Waals surface area contributed by atoms with Crippen molar-refractivity contribution in [3.8, 4) is 28.6 Å². The third kappa shape index (κ3) is 5.25. The number of benzene rings is 2. The molecule has 1 amide bonds. The number of ether oxygens (including phenoxy) is 1. The Labute approximate surface area is 200 Å². The fourth-order valence-electron chi connectivity index (χ4n) is 3.56. The van der Waals surface area contributed by atoms with Gasteiger partial charge in [0, 0.05) is 17.7 Å². The van der Waals surface area contributed by atoms with E-state index in [2.05, 4.69) is 20.6 Å². The Hall–Kier alpha value is -4.79. The molecule has 0 atom stereocenters. The molecule has 0 unspecified atom stereocenters. The molecule has 0 spiro atoms. The van der Waals surface area contributed by atoms with Crippen molar-refractivity contribution in [2.45, 2.75) is 6.54 Å². The molecule has 2 aromatic carbocycles. The van der Waals surface area contributed by atoms with Crippen molar-refractivity contribution >= 4 is 16.7 Å². The third-order valence-electron chi connectivity index (χ3n) is 5.29. The van der Waals surface area contributed by atoms with Gasteiger partial charge in [-0.15, -0.1) is 10.2 Å². The van der Waals surface area contributed by atoms with E-state index >= 15 is 0 Å². The van der Waals surface area contributed by atoms with E-state index in [-0.39, 0.29) is 31.2 Å². The molecule has 5 rings (SSSR count). The highest BCUT2D eigenvalue weighted by atomic mass is 16.5. The van der Waals surface area contributed by atoms with Crippen molar-refractivity contribution in [1.82, 2.24) is 25.3 Å². The van der Waals surface area contributed by atoms with Crippen molar-refractivity contribution in [3.63, 3.8) is 0 Å². The lowest BCUT2D eigenvalue weighted by Crippen LogP contribution is -2.35. The van der Waals surface area contributed by atoms with E-state index in [1.54, 1.807) is 36.6 Å². The lowest BCUT2D eigenvalue weighted by molar-refractivity contribution is -0.122. The van der Waals surface area contributed by atoms with Crippen LogP contribution in [0.25, 0.3) is 33.5 Å². The molecule has 5 aromatic rings. The van der Waals surface area contributed by atoms with Gasteiger partial charge in [-0.25, -0.2) is 4.68 Å². The Morgan fingerprint density at radius 2 is 1.77 bits per heavy atom. The lowest BCUT2D eigenvalue weighted by atomic mass is 10.1. The minimum Gasteiger partial charge on any atom is -0.475 e. The second-order valence-electron chi connectivity index (χ2n) is 7.71. The van der Waals surface area contributed by atoms with Gasteiger partial charge in [-0.05, 0) is 41.1 Å². The van der Waals surface area contributed by atoms with Crippen molar-refractivity contribution in [3.05, 3.63) is 95.5 Å². The number of hydrogen-bond donors (Lipinski definition) is 1. The summed E-state index contributed by atoms with van der Waals surface area (Å²) in [6.07, 6.45) is 1.56. The molecule has 9 heteroatoms. The summed E-state index contributed by atoms with van der Waals surface area (Å²) in [4.78, 5) is 24.6. The van der Waals surface area contributed by atoms with Gasteiger partial charge in [0.1, 0.15) is 18.8 Å². The topological polar surface area (TPSA) is 112 Å². The Morgan fingerprint density at radius 3 is 2.57 bits per heavy atom. The van der Waals surface area contributed by atoms with Crippen molar-refractivity contribution in [2.75, 3.05) is 13.2 Å². The lowest BCUT2D eigenvalue weighted by Gasteiger charge is -2.09. The first-order valence-electron chi connectivity index (χ1n) is 11.0. The maximum absolute atomic E-state index is 12.4. The number of nitrogens with one attached hydrogen (secondary N) is 1. The highest BCUT2D eigenvalue weighted by Crippen LogP contribution is 2.22. The second-order valence-corrected chi connectivity index (χ2v) is 7.71. The summed E-state index contributed by atoms with van der Waals surface area (Å²) in [6.45, 7) is 0.234. The summed E-state index contributed by atoms with van der Waals surface area (Å²) in [7, 11) is 0. The molecule has 0 fully saturated rings. The SMILES string of the molecule is O=C(Cn1nc(-c2ccc3ccccc3c2)ccc1=O)NCCOc1ccc(-c2ccco2)nn1. The molecule has 0 aliphatic carbocycles. The highest BCUT2D eigenvalue weighted by molar-refractivity contribution is 5.86. The van der Waals surface area contributed by atoms with E-state index in [1.165, 1.54) is 6.07 Å². The molecule has 0 saturated heterocycles. The van der Waals surface area contributed by atoms with Crippen LogP contribution in [-0.4, -0.2) is 39.0 Å². The molecule has 0 bridgehead atoms. The van der Waals surface area contributed by atoms with Gasteiger partial charge < -0.3 is 14.5 Å². The van der Waals surface area contributed by atoms with Crippen LogP contribution in [0.3, 0.4) is 0 Å². The quantitative estimate of drug-likeness (QED) is 0.349. The summed E-state index contributed by atoms with van der Waals surface area (Å²) in [5, 5.41) is 17.3. The minimum atomic E-state index is -0.354. The number of rotatable bonds is 8. The van der Waals surface area contributed by atoms with Crippen LogP contribution in [0.2, 0.25) is 0 Å². The Bertz CT molecular complexity index is 1510. The number of hydrogen-bond acceptors (Lipinski definition) is 7. The van der Waals surface area contributed by atoms with Gasteiger partial charge in [0.2, 0.25) is 11.8 Å². The van der Waals surface area contributed by atoms with Crippen molar-refractivity contribution in [2.24, 2.45) is 0 Å². The van der Waals surface area contributed by atoms with E-state index in [9.17, 15) is 9.59 Å². The van der Waals surface area contributed by atoms with Gasteiger partial charge in [0.25, 0.3) is 5.56 Å². The molecule has 3 heterocycles. The molecule has 0 radical (unpaired) electrons. The molecule has 35 heavy (non-hydrogen) atoms. The zero-order valence-corrected chi connectivity index (χ0v) is 18.6. The first kappa shape index (κ1) is 22.0. The van der Waals surface area contributed by atoms with Gasteiger partial charge in [-0.2, -0.15) is 5.10 Å². The Kier molecular flexibility index (Phi) is 6.29. The number of fused-ring (bicyclic) bond motifs is 1. The first-order chi connectivity index (χ1) is 17.2. The summed E-state index contributed by atoms with van der Waals surface area (Å²) < 4.78 is 11.9. The van der Waals surface area contributed by atoms with E-state index in [1.807, 2.05) is 42.5 Å². The molecule has 0 saturated carbocycles. The highest BCUT2D eigenvalue weighted by Gasteiger charge is 2.09.